The zero-order valence-corrected chi connectivity index (χ0v) is 10.7. The molecule has 0 saturated heterocycles. The summed E-state index contributed by atoms with van der Waals surface area (Å²) < 4.78 is 1.57. The molecule has 3 N–H and O–H groups in total. The highest BCUT2D eigenvalue weighted by Gasteiger charge is 2.12. The van der Waals surface area contributed by atoms with Crippen LogP contribution in [0.25, 0.3) is 11.2 Å². The summed E-state index contributed by atoms with van der Waals surface area (Å²) in [7, 11) is 0. The summed E-state index contributed by atoms with van der Waals surface area (Å²) in [6.07, 6.45) is 2.39. The molecule has 2 heterocycles. The smallest absolute Gasteiger partial charge is 0.240 e. The molecule has 0 aliphatic rings. The molecule has 2 rings (SSSR count). The van der Waals surface area contributed by atoms with E-state index in [0.717, 1.165) is 6.42 Å². The SMILES string of the molecule is CCCNC(=O)Cn1c(N)nc2cc(Cl)cnc21. The molecule has 0 atom stereocenters. The molecule has 0 aliphatic carbocycles. The summed E-state index contributed by atoms with van der Waals surface area (Å²) >= 11 is 5.82. The van der Waals surface area contributed by atoms with Crippen molar-refractivity contribution in [1.29, 1.82) is 0 Å². The number of carbonyl (C=O) groups is 1. The molecule has 0 radical (unpaired) electrons. The van der Waals surface area contributed by atoms with Gasteiger partial charge in [0.1, 0.15) is 12.1 Å². The summed E-state index contributed by atoms with van der Waals surface area (Å²) in [5, 5.41) is 3.27. The van der Waals surface area contributed by atoms with Crippen molar-refractivity contribution < 1.29 is 4.79 Å². The maximum Gasteiger partial charge on any atom is 0.240 e. The Kier molecular flexibility index (Phi) is 3.66. The van der Waals surface area contributed by atoms with Crippen molar-refractivity contribution in [2.45, 2.75) is 19.9 Å². The molecule has 0 spiro atoms. The van der Waals surface area contributed by atoms with Gasteiger partial charge >= 0.3 is 0 Å². The second-order valence-electron chi connectivity index (χ2n) is 3.90. The number of nitrogens with two attached hydrogens (primary N) is 1. The number of nitrogens with one attached hydrogen (secondary N) is 1. The second-order valence-corrected chi connectivity index (χ2v) is 4.34. The molecule has 0 fully saturated rings. The van der Waals surface area contributed by atoms with Gasteiger partial charge in [-0.15, -0.1) is 0 Å². The van der Waals surface area contributed by atoms with Gasteiger partial charge in [0.2, 0.25) is 11.9 Å². The first-order valence-electron chi connectivity index (χ1n) is 5.65. The van der Waals surface area contributed by atoms with Gasteiger partial charge in [-0.2, -0.15) is 0 Å². The molecule has 0 aliphatic heterocycles. The first-order chi connectivity index (χ1) is 8.61. The molecule has 6 nitrogen and oxygen atoms in total. The molecule has 0 bridgehead atoms. The number of amides is 1. The minimum absolute atomic E-state index is 0.108. The van der Waals surface area contributed by atoms with Crippen LogP contribution in [0, 0.1) is 0 Å². The molecular weight excluding hydrogens is 254 g/mol. The van der Waals surface area contributed by atoms with E-state index in [1.54, 1.807) is 10.6 Å². The number of halogens is 1. The minimum atomic E-state index is -0.111. The second kappa shape index (κ2) is 5.22. The highest BCUT2D eigenvalue weighted by atomic mass is 35.5. The monoisotopic (exact) mass is 267 g/mol. The number of aromatic nitrogens is 3. The predicted molar refractivity (Wildman–Crippen MR) is 70.3 cm³/mol. The molecule has 96 valence electrons. The van der Waals surface area contributed by atoms with Crippen LogP contribution in [0.15, 0.2) is 12.3 Å². The Balaban J connectivity index is 2.27. The first kappa shape index (κ1) is 12.6. The van der Waals surface area contributed by atoms with Gasteiger partial charge in [-0.05, 0) is 12.5 Å². The first-order valence-corrected chi connectivity index (χ1v) is 6.03. The predicted octanol–water partition coefficient (Wildman–Crippen LogP) is 1.19. The van der Waals surface area contributed by atoms with Gasteiger partial charge in [0.15, 0.2) is 5.65 Å². The quantitative estimate of drug-likeness (QED) is 0.871. The van der Waals surface area contributed by atoms with Gasteiger partial charge in [0.05, 0.1) is 5.02 Å². The van der Waals surface area contributed by atoms with Crippen LogP contribution >= 0.6 is 11.6 Å². The molecule has 7 heteroatoms. The summed E-state index contributed by atoms with van der Waals surface area (Å²) in [6.45, 7) is 2.74. The Morgan fingerprint density at radius 3 is 3.11 bits per heavy atom. The van der Waals surface area contributed by atoms with Crippen LogP contribution in [0.2, 0.25) is 5.02 Å². The lowest BCUT2D eigenvalue weighted by molar-refractivity contribution is -0.121. The van der Waals surface area contributed by atoms with Crippen LogP contribution in [0.5, 0.6) is 0 Å². The third-order valence-corrected chi connectivity index (χ3v) is 2.66. The maximum atomic E-state index is 11.7. The van der Waals surface area contributed by atoms with Crippen LogP contribution in [-0.4, -0.2) is 27.0 Å². The highest BCUT2D eigenvalue weighted by Crippen LogP contribution is 2.18. The summed E-state index contributed by atoms with van der Waals surface area (Å²) in [6, 6.07) is 1.67. The van der Waals surface area contributed by atoms with Crippen molar-refractivity contribution in [2.24, 2.45) is 0 Å². The maximum absolute atomic E-state index is 11.7. The van der Waals surface area contributed by atoms with Crippen molar-refractivity contribution >= 4 is 34.6 Å². The third-order valence-electron chi connectivity index (χ3n) is 2.45. The Morgan fingerprint density at radius 2 is 2.39 bits per heavy atom. The standard InChI is InChI=1S/C11H14ClN5O/c1-2-3-14-9(18)6-17-10-8(16-11(17)13)4-7(12)5-15-10/h4-5H,2-3,6H2,1H3,(H2,13,16)(H,14,18). The van der Waals surface area contributed by atoms with E-state index in [0.29, 0.717) is 22.7 Å². The average Bonchev–Trinajstić information content (AvgIpc) is 2.62. The zero-order valence-electron chi connectivity index (χ0n) is 9.98. The Bertz CT molecular complexity index is 580. The lowest BCUT2D eigenvalue weighted by Crippen LogP contribution is -2.28. The molecule has 0 aromatic carbocycles. The molecule has 18 heavy (non-hydrogen) atoms. The van der Waals surface area contributed by atoms with Crippen molar-refractivity contribution in [1.82, 2.24) is 19.9 Å². The largest absolute Gasteiger partial charge is 0.369 e. The summed E-state index contributed by atoms with van der Waals surface area (Å²) in [4.78, 5) is 19.9. The van der Waals surface area contributed by atoms with Crippen molar-refractivity contribution in [2.75, 3.05) is 12.3 Å². The van der Waals surface area contributed by atoms with Crippen LogP contribution in [0.4, 0.5) is 5.95 Å². The van der Waals surface area contributed by atoms with Gasteiger partial charge < -0.3 is 11.1 Å². The van der Waals surface area contributed by atoms with Gasteiger partial charge in [-0.25, -0.2) is 9.97 Å². The Morgan fingerprint density at radius 1 is 1.61 bits per heavy atom. The number of imidazole rings is 1. The van der Waals surface area contributed by atoms with Crippen LogP contribution < -0.4 is 11.1 Å². The number of nitrogen functional groups attached to an aromatic ring is 1. The van der Waals surface area contributed by atoms with E-state index < -0.39 is 0 Å². The van der Waals surface area contributed by atoms with Crippen LogP contribution in [0.1, 0.15) is 13.3 Å². The van der Waals surface area contributed by atoms with E-state index in [1.165, 1.54) is 6.20 Å². The van der Waals surface area contributed by atoms with Gasteiger partial charge in [0.25, 0.3) is 0 Å². The van der Waals surface area contributed by atoms with Crippen molar-refractivity contribution in [3.63, 3.8) is 0 Å². The number of pyridine rings is 1. The number of rotatable bonds is 4. The van der Waals surface area contributed by atoms with E-state index in [9.17, 15) is 4.79 Å². The average molecular weight is 268 g/mol. The fourth-order valence-corrected chi connectivity index (χ4v) is 1.78. The molecule has 0 unspecified atom stereocenters. The number of anilines is 1. The van der Waals surface area contributed by atoms with E-state index in [-0.39, 0.29) is 18.4 Å². The minimum Gasteiger partial charge on any atom is -0.369 e. The van der Waals surface area contributed by atoms with E-state index in [1.807, 2.05) is 6.92 Å². The number of hydrogen-bond donors (Lipinski definition) is 2. The third kappa shape index (κ3) is 2.53. The molecular formula is C11H14ClN5O. The lowest BCUT2D eigenvalue weighted by Gasteiger charge is -2.06. The van der Waals surface area contributed by atoms with E-state index in [4.69, 9.17) is 17.3 Å². The molecule has 0 saturated carbocycles. The number of fused-ring (bicyclic) bond motifs is 1. The molecule has 1 amide bonds. The number of nitrogens with zero attached hydrogens (tertiary/aromatic N) is 3. The normalized spacial score (nSPS) is 10.8. The fraction of sp³-hybridized carbons (Fsp3) is 0.364. The van der Waals surface area contributed by atoms with Gasteiger partial charge in [0, 0.05) is 12.7 Å². The molecule has 2 aromatic rings. The number of hydrogen-bond acceptors (Lipinski definition) is 4. The van der Waals surface area contributed by atoms with E-state index >= 15 is 0 Å². The van der Waals surface area contributed by atoms with Gasteiger partial charge in [-0.3, -0.25) is 9.36 Å². The number of carbonyl (C=O) groups excluding carboxylic acids is 1. The lowest BCUT2D eigenvalue weighted by atomic mass is 10.4. The zero-order chi connectivity index (χ0) is 13.1. The topological polar surface area (TPSA) is 85.8 Å². The molecule has 2 aromatic heterocycles. The van der Waals surface area contributed by atoms with Crippen LogP contribution in [-0.2, 0) is 11.3 Å². The summed E-state index contributed by atoms with van der Waals surface area (Å²) in [5.41, 5.74) is 6.91. The van der Waals surface area contributed by atoms with E-state index in [2.05, 4.69) is 15.3 Å². The van der Waals surface area contributed by atoms with Gasteiger partial charge in [-0.1, -0.05) is 18.5 Å². The summed E-state index contributed by atoms with van der Waals surface area (Å²) in [5.74, 6) is 0.144. The highest BCUT2D eigenvalue weighted by molar-refractivity contribution is 6.31. The fourth-order valence-electron chi connectivity index (χ4n) is 1.62. The van der Waals surface area contributed by atoms with Crippen LogP contribution in [0.3, 0.4) is 0 Å². The Labute approximate surface area is 109 Å². The Hall–Kier alpha value is -1.82. The van der Waals surface area contributed by atoms with Crippen molar-refractivity contribution in [3.8, 4) is 0 Å². The van der Waals surface area contributed by atoms with Crippen molar-refractivity contribution in [3.05, 3.63) is 17.3 Å².